The van der Waals surface area contributed by atoms with Gasteiger partial charge in [-0.15, -0.1) is 11.3 Å². The third kappa shape index (κ3) is 4.54. The van der Waals surface area contributed by atoms with Crippen LogP contribution < -0.4 is 5.32 Å². The highest BCUT2D eigenvalue weighted by atomic mass is 32.1. The van der Waals surface area contributed by atoms with E-state index in [2.05, 4.69) is 28.6 Å². The summed E-state index contributed by atoms with van der Waals surface area (Å²) >= 11 is 1.72. The zero-order chi connectivity index (χ0) is 13.5. The Morgan fingerprint density at radius 2 is 2.32 bits per heavy atom. The van der Waals surface area contributed by atoms with E-state index in [9.17, 15) is 4.79 Å². The van der Waals surface area contributed by atoms with Gasteiger partial charge in [0.05, 0.1) is 19.4 Å². The summed E-state index contributed by atoms with van der Waals surface area (Å²) in [6, 6.07) is 7.79. The van der Waals surface area contributed by atoms with Gasteiger partial charge in [-0.1, -0.05) is 13.0 Å². The van der Waals surface area contributed by atoms with Gasteiger partial charge in [0.15, 0.2) is 0 Å². The molecule has 0 fully saturated rings. The molecule has 0 aliphatic carbocycles. The molecule has 1 N–H and O–H groups in total. The number of thiophene rings is 1. The number of carbonyl (C=O) groups is 1. The summed E-state index contributed by atoms with van der Waals surface area (Å²) in [6.45, 7) is 4.60. The van der Waals surface area contributed by atoms with E-state index in [4.69, 9.17) is 4.42 Å². The molecule has 2 heterocycles. The molecule has 0 spiro atoms. The number of amides is 1. The predicted octanol–water partition coefficient (Wildman–Crippen LogP) is 2.48. The van der Waals surface area contributed by atoms with E-state index in [-0.39, 0.29) is 5.91 Å². The van der Waals surface area contributed by atoms with Crippen molar-refractivity contribution in [1.29, 1.82) is 0 Å². The van der Waals surface area contributed by atoms with Gasteiger partial charge in [-0.25, -0.2) is 0 Å². The van der Waals surface area contributed by atoms with Crippen LogP contribution in [0.2, 0.25) is 0 Å². The molecule has 0 aromatic carbocycles. The van der Waals surface area contributed by atoms with E-state index in [1.807, 2.05) is 18.2 Å². The van der Waals surface area contributed by atoms with Crippen molar-refractivity contribution in [3.8, 4) is 0 Å². The summed E-state index contributed by atoms with van der Waals surface area (Å²) in [4.78, 5) is 15.2. The van der Waals surface area contributed by atoms with Crippen molar-refractivity contribution in [2.24, 2.45) is 0 Å². The maximum absolute atomic E-state index is 11.8. The van der Waals surface area contributed by atoms with Gasteiger partial charge in [-0.05, 0) is 30.1 Å². The van der Waals surface area contributed by atoms with E-state index >= 15 is 0 Å². The minimum atomic E-state index is 0.0230. The number of hydrogen-bond acceptors (Lipinski definition) is 4. The Morgan fingerprint density at radius 1 is 1.42 bits per heavy atom. The fourth-order valence-corrected chi connectivity index (χ4v) is 2.51. The van der Waals surface area contributed by atoms with Gasteiger partial charge in [0.25, 0.3) is 0 Å². The van der Waals surface area contributed by atoms with Crippen molar-refractivity contribution >= 4 is 17.2 Å². The first-order valence-electron chi connectivity index (χ1n) is 6.31. The Balaban J connectivity index is 1.76. The van der Waals surface area contributed by atoms with Crippen LogP contribution in [0.4, 0.5) is 0 Å². The van der Waals surface area contributed by atoms with Crippen LogP contribution in [0.3, 0.4) is 0 Å². The zero-order valence-electron chi connectivity index (χ0n) is 11.0. The van der Waals surface area contributed by atoms with Crippen LogP contribution in [0, 0.1) is 0 Å². The van der Waals surface area contributed by atoms with Crippen LogP contribution in [0.5, 0.6) is 0 Å². The summed E-state index contributed by atoms with van der Waals surface area (Å²) in [7, 11) is 0. The lowest BCUT2D eigenvalue weighted by Crippen LogP contribution is -2.36. The number of hydrogen-bond donors (Lipinski definition) is 1. The van der Waals surface area contributed by atoms with E-state index in [1.165, 1.54) is 4.88 Å². The first-order chi connectivity index (χ1) is 9.28. The average molecular weight is 278 g/mol. The number of nitrogens with zero attached hydrogens (tertiary/aromatic N) is 1. The second-order valence-corrected chi connectivity index (χ2v) is 5.27. The lowest BCUT2D eigenvalue weighted by molar-refractivity contribution is -0.122. The molecule has 0 atom stereocenters. The van der Waals surface area contributed by atoms with Gasteiger partial charge in [-0.3, -0.25) is 9.69 Å². The van der Waals surface area contributed by atoms with Crippen LogP contribution in [0.15, 0.2) is 40.3 Å². The molecule has 0 saturated carbocycles. The second kappa shape index (κ2) is 7.11. The topological polar surface area (TPSA) is 45.5 Å². The average Bonchev–Trinajstić information content (AvgIpc) is 3.08. The minimum Gasteiger partial charge on any atom is -0.467 e. The molecular weight excluding hydrogens is 260 g/mol. The zero-order valence-corrected chi connectivity index (χ0v) is 11.8. The fourth-order valence-electron chi connectivity index (χ4n) is 1.76. The molecule has 0 unspecified atom stereocenters. The number of furan rings is 1. The predicted molar refractivity (Wildman–Crippen MR) is 75.8 cm³/mol. The SMILES string of the molecule is CCN(CC(=O)NCc1ccco1)Cc1cccs1. The van der Waals surface area contributed by atoms with Crippen molar-refractivity contribution in [3.05, 3.63) is 46.5 Å². The Morgan fingerprint density at radius 3 is 2.95 bits per heavy atom. The second-order valence-electron chi connectivity index (χ2n) is 4.24. The Labute approximate surface area is 117 Å². The molecule has 0 bridgehead atoms. The van der Waals surface area contributed by atoms with E-state index in [0.717, 1.165) is 18.8 Å². The van der Waals surface area contributed by atoms with Crippen LogP contribution in [-0.4, -0.2) is 23.9 Å². The van der Waals surface area contributed by atoms with E-state index in [0.29, 0.717) is 13.1 Å². The quantitative estimate of drug-likeness (QED) is 0.846. The maximum Gasteiger partial charge on any atom is 0.234 e. The van der Waals surface area contributed by atoms with Crippen molar-refractivity contribution in [3.63, 3.8) is 0 Å². The molecule has 2 aromatic rings. The molecule has 0 saturated heterocycles. The number of likely N-dealkylation sites (N-methyl/N-ethyl adjacent to an activating group) is 1. The maximum atomic E-state index is 11.8. The molecule has 102 valence electrons. The standard InChI is InChI=1S/C14H18N2O2S/c1-2-16(10-13-6-4-8-19-13)11-14(17)15-9-12-5-3-7-18-12/h3-8H,2,9-11H2,1H3,(H,15,17). The van der Waals surface area contributed by atoms with Crippen molar-refractivity contribution < 1.29 is 9.21 Å². The van der Waals surface area contributed by atoms with Crippen molar-refractivity contribution in [2.45, 2.75) is 20.0 Å². The lowest BCUT2D eigenvalue weighted by Gasteiger charge is -2.18. The first kappa shape index (κ1) is 13.8. The largest absolute Gasteiger partial charge is 0.467 e. The summed E-state index contributed by atoms with van der Waals surface area (Å²) in [5.74, 6) is 0.796. The molecule has 0 aliphatic heterocycles. The van der Waals surface area contributed by atoms with E-state index in [1.54, 1.807) is 17.6 Å². The monoisotopic (exact) mass is 278 g/mol. The Hall–Kier alpha value is -1.59. The number of rotatable bonds is 7. The summed E-state index contributed by atoms with van der Waals surface area (Å²) in [6.07, 6.45) is 1.61. The summed E-state index contributed by atoms with van der Waals surface area (Å²) in [5, 5.41) is 4.91. The highest BCUT2D eigenvalue weighted by molar-refractivity contribution is 7.09. The first-order valence-corrected chi connectivity index (χ1v) is 7.19. The normalized spacial score (nSPS) is 10.8. The van der Waals surface area contributed by atoms with Crippen LogP contribution >= 0.6 is 11.3 Å². The molecule has 2 rings (SSSR count). The number of carbonyl (C=O) groups excluding carboxylic acids is 1. The third-order valence-electron chi connectivity index (χ3n) is 2.81. The molecule has 4 nitrogen and oxygen atoms in total. The molecule has 2 aromatic heterocycles. The van der Waals surface area contributed by atoms with Gasteiger partial charge in [0.1, 0.15) is 5.76 Å². The van der Waals surface area contributed by atoms with Crippen molar-refractivity contribution in [2.75, 3.05) is 13.1 Å². The van der Waals surface area contributed by atoms with Gasteiger partial charge < -0.3 is 9.73 Å². The highest BCUT2D eigenvalue weighted by Crippen LogP contribution is 2.11. The van der Waals surface area contributed by atoms with E-state index < -0.39 is 0 Å². The third-order valence-corrected chi connectivity index (χ3v) is 3.68. The lowest BCUT2D eigenvalue weighted by atomic mass is 10.3. The fraction of sp³-hybridized carbons (Fsp3) is 0.357. The number of nitrogens with one attached hydrogen (secondary N) is 1. The molecule has 0 aliphatic rings. The highest BCUT2D eigenvalue weighted by Gasteiger charge is 2.10. The van der Waals surface area contributed by atoms with Gasteiger partial charge in [0.2, 0.25) is 5.91 Å². The molecule has 0 radical (unpaired) electrons. The van der Waals surface area contributed by atoms with Gasteiger partial charge in [0, 0.05) is 11.4 Å². The summed E-state index contributed by atoms with van der Waals surface area (Å²) < 4.78 is 5.17. The van der Waals surface area contributed by atoms with Crippen LogP contribution in [0.25, 0.3) is 0 Å². The Kier molecular flexibility index (Phi) is 5.18. The minimum absolute atomic E-state index is 0.0230. The smallest absolute Gasteiger partial charge is 0.234 e. The van der Waals surface area contributed by atoms with Gasteiger partial charge >= 0.3 is 0 Å². The van der Waals surface area contributed by atoms with Crippen LogP contribution in [-0.2, 0) is 17.9 Å². The van der Waals surface area contributed by atoms with Crippen molar-refractivity contribution in [1.82, 2.24) is 10.2 Å². The molecule has 19 heavy (non-hydrogen) atoms. The Bertz CT molecular complexity index is 480. The molecular formula is C14H18N2O2S. The molecule has 1 amide bonds. The molecule has 5 heteroatoms. The van der Waals surface area contributed by atoms with Gasteiger partial charge in [-0.2, -0.15) is 0 Å². The summed E-state index contributed by atoms with van der Waals surface area (Å²) in [5.41, 5.74) is 0. The van der Waals surface area contributed by atoms with Crippen LogP contribution in [0.1, 0.15) is 17.6 Å².